The van der Waals surface area contributed by atoms with Gasteiger partial charge in [-0.15, -0.1) is 0 Å². The fourth-order valence-corrected chi connectivity index (χ4v) is 3.40. The molecule has 1 saturated heterocycles. The van der Waals surface area contributed by atoms with Crippen molar-refractivity contribution in [1.29, 1.82) is 0 Å². The summed E-state index contributed by atoms with van der Waals surface area (Å²) >= 11 is 0. The molecule has 6 heteroatoms. The number of imide groups is 1. The predicted molar refractivity (Wildman–Crippen MR) is 68.9 cm³/mol. The van der Waals surface area contributed by atoms with Gasteiger partial charge in [-0.1, -0.05) is 6.42 Å². The van der Waals surface area contributed by atoms with Gasteiger partial charge in [0.2, 0.25) is 17.7 Å². The number of hydrogen-bond acceptors (Lipinski definition) is 4. The van der Waals surface area contributed by atoms with E-state index in [1.165, 1.54) is 4.90 Å². The minimum Gasteiger partial charge on any atom is -0.368 e. The Balaban J connectivity index is 2.00. The van der Waals surface area contributed by atoms with E-state index in [4.69, 9.17) is 5.73 Å². The summed E-state index contributed by atoms with van der Waals surface area (Å²) in [5.41, 5.74) is 4.85. The monoisotopic (exact) mass is 267 g/mol. The highest BCUT2D eigenvalue weighted by Gasteiger charge is 2.46. The molecule has 19 heavy (non-hydrogen) atoms. The van der Waals surface area contributed by atoms with E-state index in [9.17, 15) is 14.4 Å². The molecule has 1 aliphatic carbocycles. The Morgan fingerprint density at radius 1 is 1.42 bits per heavy atom. The number of amides is 3. The van der Waals surface area contributed by atoms with Gasteiger partial charge in [0.1, 0.15) is 5.54 Å². The van der Waals surface area contributed by atoms with Gasteiger partial charge in [0, 0.05) is 19.4 Å². The molecule has 0 aromatic carbocycles. The summed E-state index contributed by atoms with van der Waals surface area (Å²) < 4.78 is 0. The minimum atomic E-state index is -0.675. The first-order chi connectivity index (χ1) is 9.01. The van der Waals surface area contributed by atoms with Crippen LogP contribution in [0.3, 0.4) is 0 Å². The van der Waals surface area contributed by atoms with Crippen molar-refractivity contribution >= 4 is 17.7 Å². The Morgan fingerprint density at radius 2 is 2.05 bits per heavy atom. The molecule has 1 saturated carbocycles. The first-order valence-corrected chi connectivity index (χ1v) is 6.83. The second-order valence-corrected chi connectivity index (χ2v) is 5.40. The van der Waals surface area contributed by atoms with E-state index in [1.54, 1.807) is 7.05 Å². The largest absolute Gasteiger partial charge is 0.368 e. The lowest BCUT2D eigenvalue weighted by molar-refractivity contribution is -0.138. The van der Waals surface area contributed by atoms with Crippen LogP contribution < -0.4 is 11.1 Å². The Hall–Kier alpha value is -1.43. The Morgan fingerprint density at radius 3 is 2.58 bits per heavy atom. The summed E-state index contributed by atoms with van der Waals surface area (Å²) in [7, 11) is 1.75. The minimum absolute atomic E-state index is 0.0937. The molecule has 2 atom stereocenters. The van der Waals surface area contributed by atoms with Crippen molar-refractivity contribution < 1.29 is 14.4 Å². The van der Waals surface area contributed by atoms with Crippen LogP contribution in [-0.4, -0.2) is 41.8 Å². The number of nitrogens with one attached hydrogen (secondary N) is 1. The number of likely N-dealkylation sites (N-methyl/N-ethyl adjacent to an activating group) is 1. The summed E-state index contributed by atoms with van der Waals surface area (Å²) in [6.07, 6.45) is 3.84. The topological polar surface area (TPSA) is 92.5 Å². The third kappa shape index (κ3) is 2.36. The molecule has 0 bridgehead atoms. The lowest BCUT2D eigenvalue weighted by Crippen LogP contribution is -2.57. The average molecular weight is 267 g/mol. The quantitative estimate of drug-likeness (QED) is 0.673. The lowest BCUT2D eigenvalue weighted by atomic mass is 9.84. The van der Waals surface area contributed by atoms with Crippen LogP contribution in [0.15, 0.2) is 0 Å². The van der Waals surface area contributed by atoms with Gasteiger partial charge in [-0.25, -0.2) is 0 Å². The third-order valence-corrected chi connectivity index (χ3v) is 4.56. The second kappa shape index (κ2) is 5.28. The van der Waals surface area contributed by atoms with Crippen LogP contribution in [0.2, 0.25) is 0 Å². The van der Waals surface area contributed by atoms with Crippen molar-refractivity contribution in [2.45, 2.75) is 44.1 Å². The normalized spacial score (nSPS) is 31.2. The average Bonchev–Trinajstić information content (AvgIpc) is 2.92. The smallest absolute Gasteiger partial charge is 0.238 e. The third-order valence-electron chi connectivity index (χ3n) is 4.56. The summed E-state index contributed by atoms with van der Waals surface area (Å²) in [5.74, 6) is -0.443. The van der Waals surface area contributed by atoms with Crippen molar-refractivity contribution in [3.63, 3.8) is 0 Å². The molecule has 1 heterocycles. The van der Waals surface area contributed by atoms with Crippen LogP contribution in [0.5, 0.6) is 0 Å². The van der Waals surface area contributed by atoms with E-state index < -0.39 is 5.54 Å². The van der Waals surface area contributed by atoms with Gasteiger partial charge in [0.15, 0.2) is 0 Å². The van der Waals surface area contributed by atoms with Gasteiger partial charge < -0.3 is 11.1 Å². The van der Waals surface area contributed by atoms with E-state index in [2.05, 4.69) is 5.32 Å². The Bertz CT molecular complexity index is 394. The highest BCUT2D eigenvalue weighted by Crippen LogP contribution is 2.37. The molecule has 106 valence electrons. The highest BCUT2D eigenvalue weighted by atomic mass is 16.2. The molecule has 0 aromatic heterocycles. The second-order valence-electron chi connectivity index (χ2n) is 5.40. The number of primary amides is 1. The maximum atomic E-state index is 11.7. The van der Waals surface area contributed by atoms with E-state index in [1.807, 2.05) is 0 Å². The number of nitrogens with zero attached hydrogens (tertiary/aromatic N) is 1. The summed E-state index contributed by atoms with van der Waals surface area (Å²) in [4.78, 5) is 36.1. The van der Waals surface area contributed by atoms with Crippen LogP contribution in [0.25, 0.3) is 0 Å². The molecule has 3 N–H and O–H groups in total. The van der Waals surface area contributed by atoms with Gasteiger partial charge in [0.25, 0.3) is 0 Å². The fourth-order valence-electron chi connectivity index (χ4n) is 3.40. The molecule has 2 rings (SSSR count). The summed E-state index contributed by atoms with van der Waals surface area (Å²) in [6.45, 7) is 0.402. The van der Waals surface area contributed by atoms with Gasteiger partial charge in [-0.2, -0.15) is 0 Å². The first kappa shape index (κ1) is 14.0. The maximum Gasteiger partial charge on any atom is 0.238 e. The van der Waals surface area contributed by atoms with E-state index in [0.717, 1.165) is 19.3 Å². The van der Waals surface area contributed by atoms with Crippen molar-refractivity contribution in [3.05, 3.63) is 0 Å². The van der Waals surface area contributed by atoms with E-state index in [-0.39, 0.29) is 23.6 Å². The molecule has 0 aromatic rings. The van der Waals surface area contributed by atoms with Crippen molar-refractivity contribution in [2.24, 2.45) is 11.7 Å². The van der Waals surface area contributed by atoms with Crippen LogP contribution in [0, 0.1) is 5.92 Å². The van der Waals surface area contributed by atoms with Crippen LogP contribution >= 0.6 is 0 Å². The fraction of sp³-hybridized carbons (Fsp3) is 0.769. The molecule has 2 aliphatic rings. The van der Waals surface area contributed by atoms with Crippen molar-refractivity contribution in [1.82, 2.24) is 10.2 Å². The predicted octanol–water partition coefficient (Wildman–Crippen LogP) is -0.231. The van der Waals surface area contributed by atoms with Gasteiger partial charge >= 0.3 is 0 Å². The number of hydrogen-bond donors (Lipinski definition) is 2. The van der Waals surface area contributed by atoms with Gasteiger partial charge in [-0.3, -0.25) is 19.3 Å². The van der Waals surface area contributed by atoms with Crippen LogP contribution in [0.1, 0.15) is 38.5 Å². The Kier molecular flexibility index (Phi) is 3.89. The highest BCUT2D eigenvalue weighted by molar-refractivity contribution is 6.01. The maximum absolute atomic E-state index is 11.7. The molecular formula is C13H21N3O3. The molecule has 1 aliphatic heterocycles. The van der Waals surface area contributed by atoms with E-state index in [0.29, 0.717) is 25.8 Å². The lowest BCUT2D eigenvalue weighted by Gasteiger charge is -2.32. The number of likely N-dealkylation sites (tertiary alicyclic amines) is 1. The molecule has 3 amide bonds. The molecular weight excluding hydrogens is 246 g/mol. The zero-order valence-electron chi connectivity index (χ0n) is 11.3. The van der Waals surface area contributed by atoms with Crippen molar-refractivity contribution in [2.75, 3.05) is 13.6 Å². The van der Waals surface area contributed by atoms with Crippen LogP contribution in [-0.2, 0) is 14.4 Å². The number of carbonyl (C=O) groups is 3. The van der Waals surface area contributed by atoms with Gasteiger partial charge in [-0.05, 0) is 32.2 Å². The molecule has 2 unspecified atom stereocenters. The first-order valence-electron chi connectivity index (χ1n) is 6.83. The number of rotatable bonds is 5. The van der Waals surface area contributed by atoms with Crippen molar-refractivity contribution in [3.8, 4) is 0 Å². The summed E-state index contributed by atoms with van der Waals surface area (Å²) in [5, 5.41) is 3.06. The molecule has 0 radical (unpaired) electrons. The summed E-state index contributed by atoms with van der Waals surface area (Å²) in [6, 6.07) is 0. The number of carbonyl (C=O) groups excluding carboxylic acids is 3. The zero-order valence-corrected chi connectivity index (χ0v) is 11.3. The standard InChI is InChI=1S/C13H21N3O3/c1-15-13(12(14)19)7-2-3-9(13)6-8-16-10(17)4-5-11(16)18/h9,15H,2-8H2,1H3,(H2,14,19). The van der Waals surface area contributed by atoms with Gasteiger partial charge in [0.05, 0.1) is 0 Å². The van der Waals surface area contributed by atoms with E-state index >= 15 is 0 Å². The molecule has 0 spiro atoms. The molecule has 2 fully saturated rings. The molecule has 6 nitrogen and oxygen atoms in total. The Labute approximate surface area is 112 Å². The number of nitrogens with two attached hydrogens (primary N) is 1. The zero-order chi connectivity index (χ0) is 14.0. The SMILES string of the molecule is CNC1(C(N)=O)CCCC1CCN1C(=O)CCC1=O. The van der Waals surface area contributed by atoms with Crippen LogP contribution in [0.4, 0.5) is 0 Å².